The van der Waals surface area contributed by atoms with E-state index in [0.29, 0.717) is 32.1 Å². The minimum Gasteiger partial charge on any atom is -0.462 e. The zero-order valence-electron chi connectivity index (χ0n) is 27.7. The van der Waals surface area contributed by atoms with Crippen molar-refractivity contribution in [2.24, 2.45) is 5.92 Å². The molecular weight excluding hydrogens is 619 g/mol. The highest BCUT2D eigenvalue weighted by atomic mass is 31.2. The number of ether oxygens (including phenoxy) is 3. The van der Waals surface area contributed by atoms with E-state index in [1.165, 1.54) is 12.8 Å². The molecule has 0 aliphatic carbocycles. The fourth-order valence-electron chi connectivity index (χ4n) is 5.12. The first kappa shape index (κ1) is 42.4. The summed E-state index contributed by atoms with van der Waals surface area (Å²) in [5.74, 6) is -1.40. The van der Waals surface area contributed by atoms with Crippen molar-refractivity contribution in [1.82, 2.24) is 0 Å². The van der Waals surface area contributed by atoms with Crippen LogP contribution >= 0.6 is 7.82 Å². The Balaban J connectivity index is 2.45. The molecule has 5 N–H and O–H groups in total. The van der Waals surface area contributed by atoms with Gasteiger partial charge in [-0.15, -0.1) is 0 Å². The Morgan fingerprint density at radius 2 is 1.54 bits per heavy atom. The minimum absolute atomic E-state index is 0.0744. The third kappa shape index (κ3) is 22.0. The van der Waals surface area contributed by atoms with Gasteiger partial charge >= 0.3 is 19.8 Å². The molecule has 46 heavy (non-hydrogen) atoms. The van der Waals surface area contributed by atoms with Crippen LogP contribution in [0.4, 0.5) is 0 Å². The normalized spacial score (nSPS) is 21.9. The second-order valence-electron chi connectivity index (χ2n) is 12.0. The topological polar surface area (TPSA) is 189 Å². The Kier molecular flexibility index (Phi) is 23.4. The average molecular weight is 679 g/mol. The summed E-state index contributed by atoms with van der Waals surface area (Å²) in [6, 6.07) is 0. The largest absolute Gasteiger partial charge is 0.469 e. The van der Waals surface area contributed by atoms with E-state index in [2.05, 4.69) is 18.4 Å². The summed E-state index contributed by atoms with van der Waals surface area (Å²) in [5, 5.41) is 30.7. The van der Waals surface area contributed by atoms with Crippen LogP contribution in [0, 0.1) is 5.92 Å². The van der Waals surface area contributed by atoms with Crippen LogP contribution in [0.25, 0.3) is 0 Å². The number of allylic oxidation sites excluding steroid dienone is 2. The lowest BCUT2D eigenvalue weighted by atomic mass is 9.87. The van der Waals surface area contributed by atoms with E-state index in [-0.39, 0.29) is 31.8 Å². The van der Waals surface area contributed by atoms with Gasteiger partial charge < -0.3 is 39.3 Å². The molecule has 0 saturated carbocycles. The van der Waals surface area contributed by atoms with Crippen molar-refractivity contribution in [3.63, 3.8) is 0 Å². The number of rotatable bonds is 26. The fraction of sp³-hybridized carbons (Fsp3) is 0.818. The van der Waals surface area contributed by atoms with E-state index in [0.717, 1.165) is 44.9 Å². The van der Waals surface area contributed by atoms with E-state index in [4.69, 9.17) is 24.0 Å². The van der Waals surface area contributed by atoms with Crippen LogP contribution in [0.15, 0.2) is 24.3 Å². The maximum absolute atomic E-state index is 12.3. The number of hydrogen-bond donors (Lipinski definition) is 5. The molecule has 0 aromatic heterocycles. The first-order chi connectivity index (χ1) is 21.9. The molecular formula is C33H59O12P. The van der Waals surface area contributed by atoms with E-state index >= 15 is 0 Å². The van der Waals surface area contributed by atoms with E-state index in [9.17, 15) is 29.5 Å². The summed E-state index contributed by atoms with van der Waals surface area (Å²) in [6.45, 7) is 3.25. The quantitative estimate of drug-likeness (QED) is 0.0340. The molecule has 1 aliphatic heterocycles. The molecule has 1 rings (SSSR count). The summed E-state index contributed by atoms with van der Waals surface area (Å²) >= 11 is 0. The van der Waals surface area contributed by atoms with Crippen LogP contribution in [0.1, 0.15) is 123 Å². The molecule has 6 atom stereocenters. The van der Waals surface area contributed by atoms with Gasteiger partial charge in [-0.1, -0.05) is 95.9 Å². The Hall–Kier alpha value is -1.63. The molecule has 1 saturated heterocycles. The van der Waals surface area contributed by atoms with Gasteiger partial charge in [-0.2, -0.15) is 0 Å². The molecule has 0 aromatic carbocycles. The van der Waals surface area contributed by atoms with Crippen molar-refractivity contribution in [3.8, 4) is 0 Å². The number of aliphatic hydroxyl groups is 3. The van der Waals surface area contributed by atoms with Gasteiger partial charge in [0.2, 0.25) is 0 Å². The van der Waals surface area contributed by atoms with Crippen molar-refractivity contribution < 1.29 is 58.0 Å². The summed E-state index contributed by atoms with van der Waals surface area (Å²) in [4.78, 5) is 42.6. The second-order valence-corrected chi connectivity index (χ2v) is 13.3. The fourth-order valence-corrected chi connectivity index (χ4v) is 5.48. The Morgan fingerprint density at radius 1 is 0.891 bits per heavy atom. The van der Waals surface area contributed by atoms with Gasteiger partial charge in [-0.25, -0.2) is 4.57 Å². The lowest BCUT2D eigenvalue weighted by molar-refractivity contribution is -0.199. The number of phosphoric ester groups is 1. The van der Waals surface area contributed by atoms with Crippen LogP contribution in [0.5, 0.6) is 0 Å². The van der Waals surface area contributed by atoms with E-state index < -0.39 is 57.1 Å². The molecule has 0 aromatic rings. The first-order valence-electron chi connectivity index (χ1n) is 17.0. The molecule has 12 nitrogen and oxygen atoms in total. The van der Waals surface area contributed by atoms with Gasteiger partial charge in [0.25, 0.3) is 0 Å². The number of carbonyl (C=O) groups excluding carboxylic acids is 2. The highest BCUT2D eigenvalue weighted by molar-refractivity contribution is 7.46. The second kappa shape index (κ2) is 25.4. The van der Waals surface area contributed by atoms with Crippen molar-refractivity contribution in [3.05, 3.63) is 24.3 Å². The summed E-state index contributed by atoms with van der Waals surface area (Å²) in [5.41, 5.74) is 0. The molecule has 0 bridgehead atoms. The van der Waals surface area contributed by atoms with Crippen molar-refractivity contribution in [1.29, 1.82) is 0 Å². The maximum atomic E-state index is 12.3. The monoisotopic (exact) mass is 678 g/mol. The number of unbranched alkanes of at least 4 members (excludes halogenated alkanes) is 9. The molecule has 1 aliphatic rings. The van der Waals surface area contributed by atoms with Crippen LogP contribution in [0.2, 0.25) is 0 Å². The molecule has 0 amide bonds. The molecule has 268 valence electrons. The maximum Gasteiger partial charge on any atom is 0.469 e. The molecule has 1 unspecified atom stereocenters. The smallest absolute Gasteiger partial charge is 0.462 e. The third-order valence-corrected chi connectivity index (χ3v) is 8.25. The van der Waals surface area contributed by atoms with Gasteiger partial charge in [-0.3, -0.25) is 14.1 Å². The van der Waals surface area contributed by atoms with Crippen molar-refractivity contribution in [2.75, 3.05) is 13.2 Å². The van der Waals surface area contributed by atoms with Crippen molar-refractivity contribution in [2.45, 2.75) is 154 Å². The minimum atomic E-state index is -4.80. The molecule has 1 fully saturated rings. The van der Waals surface area contributed by atoms with Crippen LogP contribution in [-0.2, 0) is 32.9 Å². The van der Waals surface area contributed by atoms with Gasteiger partial charge in [0.05, 0.1) is 24.9 Å². The summed E-state index contributed by atoms with van der Waals surface area (Å²) in [6.07, 6.45) is 15.6. The van der Waals surface area contributed by atoms with E-state index in [1.54, 1.807) is 12.2 Å². The lowest BCUT2D eigenvalue weighted by Crippen LogP contribution is -2.43. The number of phosphoric acid groups is 1. The predicted octanol–water partition coefficient (Wildman–Crippen LogP) is 5.39. The molecule has 0 radical (unpaired) electrons. The zero-order valence-corrected chi connectivity index (χ0v) is 28.6. The van der Waals surface area contributed by atoms with E-state index in [1.807, 2.05) is 12.2 Å². The highest BCUT2D eigenvalue weighted by Gasteiger charge is 2.35. The van der Waals surface area contributed by atoms with Crippen LogP contribution < -0.4 is 0 Å². The van der Waals surface area contributed by atoms with Crippen LogP contribution in [0.3, 0.4) is 0 Å². The SMILES string of the molecule is CCCCCCCCCC(=O)O[C@H](COC(=O)CCC/C=C\C[C@H]1[C@@H](O)CC(O)O[C@@H]1/C=C/[C@@H](O)CCCCC)COP(=O)(O)O. The number of esters is 2. The highest BCUT2D eigenvalue weighted by Crippen LogP contribution is 2.36. The number of hydrogen-bond acceptors (Lipinski definition) is 10. The Bertz CT molecular complexity index is 920. The van der Waals surface area contributed by atoms with Crippen molar-refractivity contribution >= 4 is 19.8 Å². The summed E-state index contributed by atoms with van der Waals surface area (Å²) in [7, 11) is -4.80. The van der Waals surface area contributed by atoms with Gasteiger partial charge in [0.1, 0.15) is 6.61 Å². The van der Waals surface area contributed by atoms with Gasteiger partial charge in [-0.05, 0) is 32.1 Å². The average Bonchev–Trinajstić information content (AvgIpc) is 2.99. The lowest BCUT2D eigenvalue weighted by Gasteiger charge is -2.36. The number of carbonyl (C=O) groups is 2. The number of aliphatic hydroxyl groups excluding tert-OH is 3. The Morgan fingerprint density at radius 3 is 2.24 bits per heavy atom. The molecule has 1 heterocycles. The Labute approximate surface area is 274 Å². The van der Waals surface area contributed by atoms with Gasteiger partial charge in [0, 0.05) is 25.2 Å². The summed E-state index contributed by atoms with van der Waals surface area (Å²) < 4.78 is 31.7. The standard InChI is InChI=1S/C33H59O12P/c1-3-5-7-8-9-10-16-20-32(37)44-27(25-43-46(39,40)41)24-42-31(36)19-15-12-11-14-18-28-29(35)23-33(38)45-30(28)22-21-26(34)17-13-6-4-2/h11,14,21-22,26-30,33-35,38H,3-10,12-13,15-20,23-25H2,1-2H3,(H2,39,40,41)/b14-11-,22-21+/t26-,27+,28-,29-,30+,33?/m0/s1. The van der Waals surface area contributed by atoms with Gasteiger partial charge in [0.15, 0.2) is 12.4 Å². The zero-order chi connectivity index (χ0) is 34.2. The third-order valence-electron chi connectivity index (χ3n) is 7.77. The predicted molar refractivity (Wildman–Crippen MR) is 173 cm³/mol. The first-order valence-corrected chi connectivity index (χ1v) is 18.6. The van der Waals surface area contributed by atoms with Crippen LogP contribution in [-0.4, -0.2) is 81.0 Å². The molecule has 13 heteroatoms. The molecule has 0 spiro atoms.